The van der Waals surface area contributed by atoms with E-state index < -0.39 is 18.0 Å². The second-order valence-electron chi connectivity index (χ2n) is 9.78. The maximum absolute atomic E-state index is 12.5. The largest absolute Gasteiger partial charge is 0.477 e. The molecule has 0 unspecified atom stereocenters. The number of aliphatic hydroxyl groups excluding tert-OH is 1. The molecule has 3 aromatic rings. The van der Waals surface area contributed by atoms with Crippen LogP contribution in [0.25, 0.3) is 16.7 Å². The number of hydrogen-bond donors (Lipinski definition) is 2. The lowest BCUT2D eigenvalue weighted by Gasteiger charge is -2.44. The molecule has 1 saturated heterocycles. The lowest BCUT2D eigenvalue weighted by Crippen LogP contribution is -2.61. The van der Waals surface area contributed by atoms with E-state index in [0.717, 1.165) is 28.9 Å². The van der Waals surface area contributed by atoms with E-state index in [4.69, 9.17) is 0 Å². The smallest absolute Gasteiger partial charge is 0.352 e. The van der Waals surface area contributed by atoms with Crippen LogP contribution in [0, 0.1) is 5.92 Å². The first-order chi connectivity index (χ1) is 17.2. The van der Waals surface area contributed by atoms with Gasteiger partial charge in [0.2, 0.25) is 5.91 Å². The number of nitrogens with zero attached hydrogens (tertiary/aromatic N) is 3. The van der Waals surface area contributed by atoms with E-state index in [9.17, 15) is 19.8 Å². The monoisotopic (exact) mass is 484 g/mol. The molecule has 0 aliphatic carbocycles. The minimum Gasteiger partial charge on any atom is -0.477 e. The summed E-state index contributed by atoms with van der Waals surface area (Å²) in [4.78, 5) is 27.9. The van der Waals surface area contributed by atoms with E-state index in [-0.39, 0.29) is 17.6 Å². The van der Waals surface area contributed by atoms with E-state index in [2.05, 4.69) is 58.3 Å². The summed E-state index contributed by atoms with van der Waals surface area (Å²) in [7, 11) is 4.05. The van der Waals surface area contributed by atoms with Crippen molar-refractivity contribution in [3.8, 4) is 11.1 Å². The summed E-state index contributed by atoms with van der Waals surface area (Å²) in [5.74, 6) is -1.97. The summed E-state index contributed by atoms with van der Waals surface area (Å²) >= 11 is 0. The van der Waals surface area contributed by atoms with Crippen LogP contribution in [-0.4, -0.2) is 53.2 Å². The van der Waals surface area contributed by atoms with Crippen molar-refractivity contribution in [1.82, 2.24) is 4.90 Å². The Morgan fingerprint density at radius 3 is 2.08 bits per heavy atom. The van der Waals surface area contributed by atoms with Gasteiger partial charge in [0.1, 0.15) is 5.70 Å². The number of β-lactam (4-membered cyclic amide) rings is 1. The van der Waals surface area contributed by atoms with E-state index in [1.54, 1.807) is 6.92 Å². The Morgan fingerprint density at radius 2 is 1.56 bits per heavy atom. The maximum atomic E-state index is 12.5. The van der Waals surface area contributed by atoms with Gasteiger partial charge in [-0.15, -0.1) is 0 Å². The highest BCUT2D eigenvalue weighted by molar-refractivity contribution is 6.06. The van der Waals surface area contributed by atoms with Gasteiger partial charge in [-0.3, -0.25) is 4.79 Å². The van der Waals surface area contributed by atoms with Gasteiger partial charge in [-0.2, -0.15) is 0 Å². The Balaban J connectivity index is 1.32. The first kappa shape index (κ1) is 23.8. The fourth-order valence-corrected chi connectivity index (χ4v) is 5.26. The average molecular weight is 485 g/mol. The van der Waals surface area contributed by atoms with E-state index >= 15 is 0 Å². The minimum absolute atomic E-state index is 0.0371. The molecule has 1 fully saturated rings. The van der Waals surface area contributed by atoms with Gasteiger partial charge in [-0.05, 0) is 35.6 Å². The number of carbonyl (C=O) groups excluding carboxylic acids is 1. The van der Waals surface area contributed by atoms with Crippen LogP contribution in [0.15, 0.2) is 78.8 Å². The van der Waals surface area contributed by atoms with Crippen LogP contribution in [0.4, 0.5) is 5.69 Å². The predicted molar refractivity (Wildman–Crippen MR) is 137 cm³/mol. The zero-order valence-electron chi connectivity index (χ0n) is 20.6. The fourth-order valence-electron chi connectivity index (χ4n) is 5.26. The molecule has 0 spiro atoms. The quantitative estimate of drug-likeness (QED) is 0.398. The van der Waals surface area contributed by atoms with E-state index in [0.29, 0.717) is 12.0 Å². The molecular formula is C29H30N3O4+. The Labute approximate surface area is 210 Å². The number of aliphatic carboxylic acids is 1. The molecule has 2 aromatic carbocycles. The van der Waals surface area contributed by atoms with Crippen molar-refractivity contribution in [2.75, 3.05) is 19.0 Å². The van der Waals surface area contributed by atoms with Gasteiger partial charge in [-0.1, -0.05) is 48.5 Å². The third kappa shape index (κ3) is 4.16. The second kappa shape index (κ2) is 9.24. The number of carboxylic acid groups (broad SMARTS) is 1. The lowest BCUT2D eigenvalue weighted by atomic mass is 9.82. The third-order valence-electron chi connectivity index (χ3n) is 7.21. The van der Waals surface area contributed by atoms with Crippen LogP contribution in [0.2, 0.25) is 0 Å². The van der Waals surface area contributed by atoms with Crippen molar-refractivity contribution in [3.05, 3.63) is 89.9 Å². The first-order valence-electron chi connectivity index (χ1n) is 12.1. The molecule has 7 nitrogen and oxygen atoms in total. The highest BCUT2D eigenvalue weighted by Gasteiger charge is 2.56. The summed E-state index contributed by atoms with van der Waals surface area (Å²) in [5, 5.41) is 19.7. The zero-order chi connectivity index (χ0) is 25.6. The maximum Gasteiger partial charge on any atom is 0.352 e. The van der Waals surface area contributed by atoms with Crippen LogP contribution in [-0.2, 0) is 16.1 Å². The normalized spacial score (nSPS) is 19.7. The molecule has 3 atom stereocenters. The van der Waals surface area contributed by atoms with Crippen LogP contribution in [0.3, 0.4) is 0 Å². The number of anilines is 1. The Bertz CT molecular complexity index is 1330. The minimum atomic E-state index is -1.11. The number of rotatable bonds is 7. The molecule has 184 valence electrons. The molecule has 2 N–H and O–H groups in total. The molecule has 7 heteroatoms. The Morgan fingerprint density at radius 1 is 1.00 bits per heavy atom. The summed E-state index contributed by atoms with van der Waals surface area (Å²) in [6, 6.07) is 20.1. The van der Waals surface area contributed by atoms with Gasteiger partial charge in [0.05, 0.1) is 18.1 Å². The fraction of sp³-hybridized carbons (Fsp3) is 0.276. The molecule has 1 amide bonds. The molecule has 0 radical (unpaired) electrons. The number of fused-ring (bicyclic) bond motifs is 1. The molecule has 2 aliphatic heterocycles. The predicted octanol–water partition coefficient (Wildman–Crippen LogP) is 3.16. The summed E-state index contributed by atoms with van der Waals surface area (Å²) in [6.07, 6.45) is 3.79. The van der Waals surface area contributed by atoms with Crippen molar-refractivity contribution in [1.29, 1.82) is 0 Å². The Kier molecular flexibility index (Phi) is 6.10. The highest BCUT2D eigenvalue weighted by atomic mass is 16.4. The molecule has 0 bridgehead atoms. The van der Waals surface area contributed by atoms with E-state index in [1.165, 1.54) is 10.5 Å². The molecule has 3 heterocycles. The molecule has 2 aliphatic rings. The molecule has 5 rings (SSSR count). The molecule has 0 saturated carbocycles. The first-order valence-corrected chi connectivity index (χ1v) is 12.1. The van der Waals surface area contributed by atoms with Crippen molar-refractivity contribution < 1.29 is 24.4 Å². The van der Waals surface area contributed by atoms with Gasteiger partial charge >= 0.3 is 5.97 Å². The molecule has 36 heavy (non-hydrogen) atoms. The average Bonchev–Trinajstić information content (AvgIpc) is 3.20. The number of hydrogen-bond acceptors (Lipinski definition) is 4. The van der Waals surface area contributed by atoms with Crippen LogP contribution in [0.1, 0.15) is 24.5 Å². The zero-order valence-corrected chi connectivity index (χ0v) is 20.6. The summed E-state index contributed by atoms with van der Waals surface area (Å²) in [5.41, 5.74) is 5.93. The highest BCUT2D eigenvalue weighted by Crippen LogP contribution is 2.47. The number of pyridine rings is 1. The van der Waals surface area contributed by atoms with Crippen molar-refractivity contribution in [2.45, 2.75) is 32.0 Å². The topological polar surface area (TPSA) is 85.0 Å². The number of amides is 1. The van der Waals surface area contributed by atoms with Gasteiger partial charge in [0, 0.05) is 37.5 Å². The molecule has 1 aromatic heterocycles. The second-order valence-corrected chi connectivity index (χ2v) is 9.78. The number of aliphatic hydroxyl groups is 1. The Hall–Kier alpha value is -3.97. The summed E-state index contributed by atoms with van der Waals surface area (Å²) in [6.45, 7) is 2.36. The molecular weight excluding hydrogens is 454 g/mol. The van der Waals surface area contributed by atoms with Crippen LogP contribution < -0.4 is 9.47 Å². The van der Waals surface area contributed by atoms with Crippen LogP contribution >= 0.6 is 0 Å². The van der Waals surface area contributed by atoms with Crippen molar-refractivity contribution in [3.63, 3.8) is 0 Å². The van der Waals surface area contributed by atoms with Gasteiger partial charge in [-0.25, -0.2) is 9.36 Å². The SMILES string of the molecule is C[C@@H](O)[C@H]1C(=O)N2C(C(=O)O)=C(c3ccc(-c4ccc(C[n+]5ccc(N(C)C)cc5)cc4)cc3)C[C@H]12. The third-order valence-corrected chi connectivity index (χ3v) is 7.21. The van der Waals surface area contributed by atoms with E-state index in [1.807, 2.05) is 38.4 Å². The lowest BCUT2D eigenvalue weighted by molar-refractivity contribution is -0.688. The number of benzene rings is 2. The van der Waals surface area contributed by atoms with Crippen molar-refractivity contribution >= 4 is 23.1 Å². The van der Waals surface area contributed by atoms with Gasteiger partial charge in [0.15, 0.2) is 18.9 Å². The summed E-state index contributed by atoms with van der Waals surface area (Å²) < 4.78 is 2.14. The van der Waals surface area contributed by atoms with Crippen LogP contribution in [0.5, 0.6) is 0 Å². The number of aromatic nitrogens is 1. The van der Waals surface area contributed by atoms with Gasteiger partial charge < -0.3 is 20.0 Å². The van der Waals surface area contributed by atoms with Crippen molar-refractivity contribution in [2.24, 2.45) is 5.92 Å². The number of carboxylic acids is 1. The standard InChI is InChI=1S/C29H29N3O4/c1-18(33)26-25-16-24(27(29(35)36)32(25)28(26)34)22-10-8-21(9-11-22)20-6-4-19(5-7-20)17-31-14-12-23(13-15-31)30(2)3/h4-15,18,25-26,33H,16-17H2,1-3H3/p+1/t18-,25-,26-/m1/s1. The van der Waals surface area contributed by atoms with Gasteiger partial charge in [0.25, 0.3) is 0 Å². The number of carbonyl (C=O) groups is 2.